The molecule has 0 saturated heterocycles. The molecule has 0 radical (unpaired) electrons. The van der Waals surface area contributed by atoms with Gasteiger partial charge in [0.15, 0.2) is 0 Å². The van der Waals surface area contributed by atoms with Crippen molar-refractivity contribution in [2.24, 2.45) is 5.92 Å². The summed E-state index contributed by atoms with van der Waals surface area (Å²) < 4.78 is 0. The fraction of sp³-hybridized carbons (Fsp3) is 1.00. The fourth-order valence-corrected chi connectivity index (χ4v) is 4.14. The van der Waals surface area contributed by atoms with Gasteiger partial charge in [0, 0.05) is 15.0 Å². The van der Waals surface area contributed by atoms with Crippen LogP contribution in [0.15, 0.2) is 0 Å². The molecule has 1 fully saturated rings. The molecule has 1 aliphatic carbocycles. The first-order valence-corrected chi connectivity index (χ1v) is 5.06. The molecular formula is C4H5Br3. The third kappa shape index (κ3) is 1.22. The van der Waals surface area contributed by atoms with E-state index < -0.39 is 0 Å². The number of hydrogen-bond donors (Lipinski definition) is 0. The first kappa shape index (κ1) is 6.56. The number of alkyl halides is 3. The maximum Gasteiger partial charge on any atom is 0.0321 e. The molecular weight excluding hydrogens is 288 g/mol. The molecule has 3 heteroatoms. The van der Waals surface area contributed by atoms with Crippen molar-refractivity contribution in [3.05, 3.63) is 0 Å². The lowest BCUT2D eigenvalue weighted by atomic mass is 10.5. The van der Waals surface area contributed by atoms with Crippen molar-refractivity contribution in [2.45, 2.75) is 9.65 Å². The van der Waals surface area contributed by atoms with Crippen LogP contribution in [0.5, 0.6) is 0 Å². The minimum atomic E-state index is 0.715. The van der Waals surface area contributed by atoms with Crippen molar-refractivity contribution >= 4 is 47.8 Å². The Morgan fingerprint density at radius 1 is 1.14 bits per heavy atom. The van der Waals surface area contributed by atoms with Gasteiger partial charge in [0.25, 0.3) is 0 Å². The van der Waals surface area contributed by atoms with Crippen LogP contribution in [0.25, 0.3) is 0 Å². The number of rotatable bonds is 1. The van der Waals surface area contributed by atoms with Crippen LogP contribution >= 0.6 is 47.8 Å². The molecule has 0 heterocycles. The van der Waals surface area contributed by atoms with Crippen LogP contribution in [0.1, 0.15) is 0 Å². The Labute approximate surface area is 68.4 Å². The Kier molecular flexibility index (Phi) is 2.21. The number of hydrogen-bond acceptors (Lipinski definition) is 0. The normalized spacial score (nSPS) is 49.3. The summed E-state index contributed by atoms with van der Waals surface area (Å²) in [6.07, 6.45) is 0. The maximum atomic E-state index is 3.50. The lowest BCUT2D eigenvalue weighted by Crippen LogP contribution is -1.77. The Morgan fingerprint density at radius 3 is 1.57 bits per heavy atom. The van der Waals surface area contributed by atoms with Crippen LogP contribution in [0.3, 0.4) is 0 Å². The molecule has 0 spiro atoms. The summed E-state index contributed by atoms with van der Waals surface area (Å²) in [5.74, 6) is 0.819. The molecule has 1 saturated carbocycles. The van der Waals surface area contributed by atoms with Gasteiger partial charge >= 0.3 is 0 Å². The van der Waals surface area contributed by atoms with Gasteiger partial charge in [-0.3, -0.25) is 0 Å². The van der Waals surface area contributed by atoms with Crippen LogP contribution < -0.4 is 0 Å². The van der Waals surface area contributed by atoms with E-state index in [1.807, 2.05) is 0 Å². The van der Waals surface area contributed by atoms with Crippen molar-refractivity contribution in [1.29, 1.82) is 0 Å². The average molecular weight is 293 g/mol. The van der Waals surface area contributed by atoms with Crippen LogP contribution in [-0.4, -0.2) is 15.0 Å². The van der Waals surface area contributed by atoms with Crippen LogP contribution in [0.4, 0.5) is 0 Å². The molecule has 0 aromatic rings. The van der Waals surface area contributed by atoms with E-state index in [1.165, 1.54) is 0 Å². The van der Waals surface area contributed by atoms with Gasteiger partial charge in [0.05, 0.1) is 0 Å². The second-order valence-corrected chi connectivity index (χ2v) is 4.47. The molecule has 2 unspecified atom stereocenters. The zero-order chi connectivity index (χ0) is 5.44. The molecule has 7 heavy (non-hydrogen) atoms. The lowest BCUT2D eigenvalue weighted by molar-refractivity contribution is 1.03. The van der Waals surface area contributed by atoms with Gasteiger partial charge in [-0.25, -0.2) is 0 Å². The quantitative estimate of drug-likeness (QED) is 0.652. The molecule has 2 atom stereocenters. The van der Waals surface area contributed by atoms with Crippen molar-refractivity contribution < 1.29 is 0 Å². The molecule has 1 aliphatic rings. The zero-order valence-electron chi connectivity index (χ0n) is 3.57. The molecule has 0 amide bonds. The van der Waals surface area contributed by atoms with E-state index in [0.29, 0.717) is 9.65 Å². The Balaban J connectivity index is 2.24. The largest absolute Gasteiger partial charge is 0.0924 e. The third-order valence-corrected chi connectivity index (χ3v) is 5.11. The van der Waals surface area contributed by atoms with Crippen LogP contribution in [0, 0.1) is 5.92 Å². The highest BCUT2D eigenvalue weighted by molar-refractivity contribution is 9.13. The average Bonchev–Trinajstić information content (AvgIpc) is 2.17. The molecule has 0 nitrogen and oxygen atoms in total. The Bertz CT molecular complexity index is 65.3. The fourth-order valence-electron chi connectivity index (χ4n) is 0.463. The first-order valence-electron chi connectivity index (χ1n) is 2.11. The highest BCUT2D eigenvalue weighted by Gasteiger charge is 2.45. The minimum absolute atomic E-state index is 0.715. The predicted molar refractivity (Wildman–Crippen MR) is 42.7 cm³/mol. The van der Waals surface area contributed by atoms with Gasteiger partial charge in [-0.1, -0.05) is 47.8 Å². The maximum absolute atomic E-state index is 3.50. The summed E-state index contributed by atoms with van der Waals surface area (Å²) in [5.41, 5.74) is 0. The summed E-state index contributed by atoms with van der Waals surface area (Å²) in [7, 11) is 0. The van der Waals surface area contributed by atoms with E-state index in [1.54, 1.807) is 0 Å². The second-order valence-electron chi connectivity index (χ2n) is 1.71. The van der Waals surface area contributed by atoms with Gasteiger partial charge in [0.1, 0.15) is 0 Å². The standard InChI is InChI=1S/C4H5Br3/c5-1-2-3(6)4(2)7/h2-4H,1H2. The summed E-state index contributed by atoms with van der Waals surface area (Å²) in [4.78, 5) is 1.43. The van der Waals surface area contributed by atoms with Crippen LogP contribution in [0.2, 0.25) is 0 Å². The van der Waals surface area contributed by atoms with E-state index in [4.69, 9.17) is 0 Å². The van der Waals surface area contributed by atoms with E-state index in [2.05, 4.69) is 47.8 Å². The van der Waals surface area contributed by atoms with Crippen molar-refractivity contribution in [3.8, 4) is 0 Å². The summed E-state index contributed by atoms with van der Waals surface area (Å²) in [5, 5.41) is 1.11. The topological polar surface area (TPSA) is 0 Å². The highest BCUT2D eigenvalue weighted by atomic mass is 79.9. The van der Waals surface area contributed by atoms with Gasteiger partial charge in [-0.05, 0) is 5.92 Å². The smallest absolute Gasteiger partial charge is 0.0321 e. The Morgan fingerprint density at radius 2 is 1.57 bits per heavy atom. The third-order valence-electron chi connectivity index (χ3n) is 1.16. The van der Waals surface area contributed by atoms with Gasteiger partial charge in [-0.2, -0.15) is 0 Å². The number of halogens is 3. The molecule has 1 rings (SSSR count). The van der Waals surface area contributed by atoms with E-state index >= 15 is 0 Å². The van der Waals surface area contributed by atoms with E-state index in [0.717, 1.165) is 11.2 Å². The van der Waals surface area contributed by atoms with Crippen molar-refractivity contribution in [3.63, 3.8) is 0 Å². The highest BCUT2D eigenvalue weighted by Crippen LogP contribution is 2.45. The van der Waals surface area contributed by atoms with E-state index in [-0.39, 0.29) is 0 Å². The molecule has 42 valence electrons. The van der Waals surface area contributed by atoms with Gasteiger partial charge in [0.2, 0.25) is 0 Å². The first-order chi connectivity index (χ1) is 3.27. The van der Waals surface area contributed by atoms with E-state index in [9.17, 15) is 0 Å². The summed E-state index contributed by atoms with van der Waals surface area (Å²) >= 11 is 10.4. The molecule has 0 N–H and O–H groups in total. The zero-order valence-corrected chi connectivity index (χ0v) is 8.33. The van der Waals surface area contributed by atoms with Crippen molar-refractivity contribution in [2.75, 3.05) is 5.33 Å². The SMILES string of the molecule is BrCC1C(Br)C1Br. The second kappa shape index (κ2) is 2.36. The molecule has 0 aliphatic heterocycles. The molecule has 0 aromatic heterocycles. The summed E-state index contributed by atoms with van der Waals surface area (Å²) in [6, 6.07) is 0. The van der Waals surface area contributed by atoms with Crippen LogP contribution in [-0.2, 0) is 0 Å². The Hall–Kier alpha value is 1.44. The van der Waals surface area contributed by atoms with Gasteiger partial charge < -0.3 is 0 Å². The van der Waals surface area contributed by atoms with Crippen molar-refractivity contribution in [1.82, 2.24) is 0 Å². The monoisotopic (exact) mass is 290 g/mol. The molecule has 0 aromatic carbocycles. The lowest BCUT2D eigenvalue weighted by Gasteiger charge is -1.76. The minimum Gasteiger partial charge on any atom is -0.0924 e. The predicted octanol–water partition coefficient (Wildman–Crippen LogP) is 2.54. The van der Waals surface area contributed by atoms with Gasteiger partial charge in [-0.15, -0.1) is 0 Å². The summed E-state index contributed by atoms with van der Waals surface area (Å²) in [6.45, 7) is 0. The molecule has 0 bridgehead atoms.